The molecule has 1 aliphatic rings. The summed E-state index contributed by atoms with van der Waals surface area (Å²) in [5, 5.41) is 15.4. The van der Waals surface area contributed by atoms with E-state index in [4.69, 9.17) is 0 Å². The number of nitrogens with one attached hydrogen (secondary N) is 1. The first-order valence-electron chi connectivity index (χ1n) is 8.07. The van der Waals surface area contributed by atoms with Crippen LogP contribution in [0.5, 0.6) is 0 Å². The van der Waals surface area contributed by atoms with Gasteiger partial charge < -0.3 is 10.4 Å². The largest absolute Gasteiger partial charge is 0.388 e. The molecule has 116 valence electrons. The Kier molecular flexibility index (Phi) is 4.55. The van der Waals surface area contributed by atoms with Crippen molar-refractivity contribution in [2.24, 2.45) is 17.8 Å². The van der Waals surface area contributed by atoms with Crippen LogP contribution in [0.4, 0.5) is 0 Å². The van der Waals surface area contributed by atoms with Gasteiger partial charge in [-0.3, -0.25) is 4.98 Å². The summed E-state index contributed by atoms with van der Waals surface area (Å²) in [6.07, 6.45) is 4.43. The second-order valence-electron chi connectivity index (χ2n) is 6.28. The Morgan fingerprint density at radius 1 is 1.36 bits per heavy atom. The Morgan fingerprint density at radius 3 is 3.00 bits per heavy atom. The third-order valence-corrected chi connectivity index (χ3v) is 5.06. The van der Waals surface area contributed by atoms with Crippen molar-refractivity contribution in [2.45, 2.75) is 19.4 Å². The van der Waals surface area contributed by atoms with Gasteiger partial charge in [0.2, 0.25) is 0 Å². The third-order valence-electron chi connectivity index (χ3n) is 5.06. The number of nitrogens with zero attached hydrogens (tertiary/aromatic N) is 1. The summed E-state index contributed by atoms with van der Waals surface area (Å²) >= 11 is 0. The van der Waals surface area contributed by atoms with E-state index in [0.29, 0.717) is 11.8 Å². The number of hydrogen-bond donors (Lipinski definition) is 2. The topological polar surface area (TPSA) is 45.1 Å². The van der Waals surface area contributed by atoms with Crippen LogP contribution >= 0.6 is 0 Å². The van der Waals surface area contributed by atoms with Crippen molar-refractivity contribution >= 4 is 10.9 Å². The molecule has 4 atom stereocenters. The number of aromatic nitrogens is 1. The normalized spacial score (nSPS) is 24.8. The van der Waals surface area contributed by atoms with Crippen LogP contribution in [0.15, 0.2) is 49.2 Å². The number of pyridine rings is 1. The maximum absolute atomic E-state index is 11.0. The van der Waals surface area contributed by atoms with Crippen molar-refractivity contribution in [2.75, 3.05) is 13.1 Å². The Bertz CT molecular complexity index is 649. The molecule has 2 aromatic rings. The Morgan fingerprint density at radius 2 is 2.18 bits per heavy atom. The summed E-state index contributed by atoms with van der Waals surface area (Å²) in [6.45, 7) is 8.10. The highest BCUT2D eigenvalue weighted by Gasteiger charge is 2.32. The zero-order chi connectivity index (χ0) is 15.5. The van der Waals surface area contributed by atoms with Gasteiger partial charge in [0.15, 0.2) is 0 Å². The molecule has 1 saturated heterocycles. The van der Waals surface area contributed by atoms with E-state index in [1.165, 1.54) is 0 Å². The molecule has 1 fully saturated rings. The molecule has 1 aliphatic heterocycles. The van der Waals surface area contributed by atoms with E-state index in [1.807, 2.05) is 36.4 Å². The fraction of sp³-hybridized carbons (Fsp3) is 0.421. The van der Waals surface area contributed by atoms with Gasteiger partial charge in [-0.25, -0.2) is 0 Å². The van der Waals surface area contributed by atoms with Crippen LogP contribution in [-0.4, -0.2) is 23.2 Å². The number of aliphatic hydroxyl groups is 1. The summed E-state index contributed by atoms with van der Waals surface area (Å²) in [4.78, 5) is 4.39. The van der Waals surface area contributed by atoms with Gasteiger partial charge >= 0.3 is 0 Å². The lowest BCUT2D eigenvalue weighted by Crippen LogP contribution is -2.39. The van der Waals surface area contributed by atoms with E-state index in [9.17, 15) is 5.11 Å². The fourth-order valence-corrected chi connectivity index (χ4v) is 3.71. The van der Waals surface area contributed by atoms with Crippen LogP contribution in [0.25, 0.3) is 10.9 Å². The molecule has 4 unspecified atom stereocenters. The highest BCUT2D eigenvalue weighted by molar-refractivity contribution is 5.82. The second-order valence-corrected chi connectivity index (χ2v) is 6.28. The summed E-state index contributed by atoms with van der Waals surface area (Å²) in [5.41, 5.74) is 1.93. The molecule has 3 rings (SSSR count). The van der Waals surface area contributed by atoms with Gasteiger partial charge in [0, 0.05) is 18.1 Å². The quantitative estimate of drug-likeness (QED) is 0.851. The van der Waals surface area contributed by atoms with Gasteiger partial charge in [0.25, 0.3) is 0 Å². The minimum absolute atomic E-state index is 0.191. The van der Waals surface area contributed by atoms with Crippen LogP contribution < -0.4 is 5.32 Å². The number of rotatable bonds is 4. The summed E-state index contributed by atoms with van der Waals surface area (Å²) < 4.78 is 0. The number of piperidine rings is 1. The van der Waals surface area contributed by atoms with Gasteiger partial charge in [-0.15, -0.1) is 6.58 Å². The predicted molar refractivity (Wildman–Crippen MR) is 90.5 cm³/mol. The monoisotopic (exact) mass is 296 g/mol. The maximum Gasteiger partial charge on any atom is 0.0825 e. The molecule has 0 amide bonds. The number of para-hydroxylation sites is 1. The molecule has 0 aliphatic carbocycles. The van der Waals surface area contributed by atoms with E-state index >= 15 is 0 Å². The molecule has 0 bridgehead atoms. The summed E-state index contributed by atoms with van der Waals surface area (Å²) in [6, 6.07) is 9.97. The van der Waals surface area contributed by atoms with Crippen molar-refractivity contribution in [3.63, 3.8) is 0 Å². The Hall–Kier alpha value is -1.71. The standard InChI is InChI=1S/C19H24N2O/c1-3-14-12-20-10-8-15(14)13(2)19(22)17-9-11-21-18-7-5-4-6-16(17)18/h3-7,9,11,13-15,19-20,22H,1,8,10,12H2,2H3. The molecular weight excluding hydrogens is 272 g/mol. The fourth-order valence-electron chi connectivity index (χ4n) is 3.71. The Balaban J connectivity index is 1.91. The van der Waals surface area contributed by atoms with Gasteiger partial charge in [0.05, 0.1) is 11.6 Å². The van der Waals surface area contributed by atoms with Crippen molar-refractivity contribution in [3.05, 3.63) is 54.7 Å². The first-order valence-corrected chi connectivity index (χ1v) is 8.07. The Labute approximate surface area is 132 Å². The highest BCUT2D eigenvalue weighted by atomic mass is 16.3. The highest BCUT2D eigenvalue weighted by Crippen LogP contribution is 2.37. The lowest BCUT2D eigenvalue weighted by Gasteiger charge is -2.37. The maximum atomic E-state index is 11.0. The van der Waals surface area contributed by atoms with E-state index in [2.05, 4.69) is 23.8 Å². The smallest absolute Gasteiger partial charge is 0.0825 e. The first-order chi connectivity index (χ1) is 10.7. The van der Waals surface area contributed by atoms with E-state index in [-0.39, 0.29) is 5.92 Å². The molecule has 22 heavy (non-hydrogen) atoms. The number of benzene rings is 1. The molecule has 3 nitrogen and oxygen atoms in total. The van der Waals surface area contributed by atoms with Crippen molar-refractivity contribution in [1.82, 2.24) is 10.3 Å². The molecule has 1 aromatic heterocycles. The van der Waals surface area contributed by atoms with E-state index < -0.39 is 6.10 Å². The van der Waals surface area contributed by atoms with Crippen LogP contribution in [0.2, 0.25) is 0 Å². The third kappa shape index (κ3) is 2.79. The molecule has 0 radical (unpaired) electrons. The SMILES string of the molecule is C=CC1CNCCC1C(C)C(O)c1ccnc2ccccc12. The molecular formula is C19H24N2O. The van der Waals surface area contributed by atoms with Crippen molar-refractivity contribution in [1.29, 1.82) is 0 Å². The molecule has 0 spiro atoms. The zero-order valence-corrected chi connectivity index (χ0v) is 13.1. The lowest BCUT2D eigenvalue weighted by atomic mass is 9.74. The van der Waals surface area contributed by atoms with E-state index in [0.717, 1.165) is 36.0 Å². The van der Waals surface area contributed by atoms with Gasteiger partial charge in [0.1, 0.15) is 0 Å². The predicted octanol–water partition coefficient (Wildman–Crippen LogP) is 3.32. The van der Waals surface area contributed by atoms with Crippen LogP contribution in [0.1, 0.15) is 25.0 Å². The van der Waals surface area contributed by atoms with Crippen molar-refractivity contribution in [3.8, 4) is 0 Å². The number of fused-ring (bicyclic) bond motifs is 1. The average molecular weight is 296 g/mol. The van der Waals surface area contributed by atoms with Gasteiger partial charge in [-0.1, -0.05) is 31.2 Å². The lowest BCUT2D eigenvalue weighted by molar-refractivity contribution is 0.0581. The van der Waals surface area contributed by atoms with Crippen molar-refractivity contribution < 1.29 is 5.11 Å². The van der Waals surface area contributed by atoms with Crippen LogP contribution in [-0.2, 0) is 0 Å². The summed E-state index contributed by atoms with van der Waals surface area (Å²) in [5.74, 6) is 1.07. The number of hydrogen-bond acceptors (Lipinski definition) is 3. The molecule has 3 heteroatoms. The van der Waals surface area contributed by atoms with Gasteiger partial charge in [-0.05, 0) is 48.4 Å². The molecule has 2 heterocycles. The zero-order valence-electron chi connectivity index (χ0n) is 13.1. The average Bonchev–Trinajstić information content (AvgIpc) is 2.60. The minimum Gasteiger partial charge on any atom is -0.388 e. The van der Waals surface area contributed by atoms with Gasteiger partial charge in [-0.2, -0.15) is 0 Å². The second kappa shape index (κ2) is 6.59. The first kappa shape index (κ1) is 15.2. The van der Waals surface area contributed by atoms with Crippen LogP contribution in [0, 0.1) is 17.8 Å². The van der Waals surface area contributed by atoms with Crippen LogP contribution in [0.3, 0.4) is 0 Å². The molecule has 0 saturated carbocycles. The summed E-state index contributed by atoms with van der Waals surface area (Å²) in [7, 11) is 0. The minimum atomic E-state index is -0.474. The van der Waals surface area contributed by atoms with E-state index in [1.54, 1.807) is 6.20 Å². The molecule has 1 aromatic carbocycles. The molecule has 2 N–H and O–H groups in total. The number of aliphatic hydroxyl groups excluding tert-OH is 1.